The molecule has 206 valence electrons. The van der Waals surface area contributed by atoms with E-state index in [0.29, 0.717) is 0 Å². The Morgan fingerprint density at radius 3 is 0.941 bits per heavy atom. The van der Waals surface area contributed by atoms with Crippen molar-refractivity contribution in [3.8, 4) is 0 Å². The lowest BCUT2D eigenvalue weighted by molar-refractivity contribution is -0.136. The summed E-state index contributed by atoms with van der Waals surface area (Å²) in [6, 6.07) is 0.0137. The van der Waals surface area contributed by atoms with Gasteiger partial charge in [0.15, 0.2) is 0 Å². The number of unbranched alkanes of at least 4 members (excludes halogenated alkanes) is 2. The van der Waals surface area contributed by atoms with Crippen LogP contribution in [0.2, 0.25) is 0 Å². The van der Waals surface area contributed by atoms with Crippen LogP contribution in [0.5, 0.6) is 0 Å². The molecule has 0 spiro atoms. The fourth-order valence-corrected chi connectivity index (χ4v) is 6.40. The molecule has 0 radical (unpaired) electrons. The number of aryl methyl sites for hydroxylation is 2. The minimum atomic E-state index is -11.5. The first-order chi connectivity index (χ1) is 14.4. The molecule has 0 amide bonds. The van der Waals surface area contributed by atoms with Gasteiger partial charge in [-0.15, -0.1) is 0 Å². The number of rotatable bonds is 10. The molecule has 1 aromatic rings. The standard InChI is InChI=1S/C16H18F16S2/c17-15(18,19)9-3-1-5-11-7-8-12(6-2-4-10-16(20,21)22)14(34(28,29,30,31)32)13(11)33(23,24,25,26)27/h7-8H,1-6,9-10H2. The van der Waals surface area contributed by atoms with E-state index >= 15 is 0 Å². The number of hydrogen-bond donors (Lipinski definition) is 0. The van der Waals surface area contributed by atoms with Crippen molar-refractivity contribution in [3.05, 3.63) is 23.3 Å². The molecule has 18 heteroatoms. The third-order valence-corrected chi connectivity index (χ3v) is 6.96. The van der Waals surface area contributed by atoms with Gasteiger partial charge in [-0.3, -0.25) is 0 Å². The Balaban J connectivity index is 3.67. The Kier molecular flexibility index (Phi) is 6.94. The maximum atomic E-state index is 13.6. The van der Waals surface area contributed by atoms with Gasteiger partial charge in [-0.25, -0.2) is 0 Å². The summed E-state index contributed by atoms with van der Waals surface area (Å²) in [6.45, 7) is 0. The van der Waals surface area contributed by atoms with Gasteiger partial charge in [0.2, 0.25) is 0 Å². The first kappa shape index (κ1) is 30.8. The van der Waals surface area contributed by atoms with E-state index in [1.165, 1.54) is 0 Å². The van der Waals surface area contributed by atoms with Gasteiger partial charge in [0.1, 0.15) is 9.79 Å². The Labute approximate surface area is 183 Å². The molecule has 0 N–H and O–H groups in total. The highest BCUT2D eigenvalue weighted by atomic mass is 32.5. The summed E-state index contributed by atoms with van der Waals surface area (Å²) in [5, 5.41) is 0. The zero-order valence-electron chi connectivity index (χ0n) is 16.7. The monoisotopic (exact) mass is 578 g/mol. The van der Waals surface area contributed by atoms with Crippen molar-refractivity contribution in [2.75, 3.05) is 0 Å². The van der Waals surface area contributed by atoms with E-state index in [-0.39, 0.29) is 12.1 Å². The van der Waals surface area contributed by atoms with Gasteiger partial charge in [0.25, 0.3) is 0 Å². The molecule has 0 aliphatic carbocycles. The van der Waals surface area contributed by atoms with Crippen LogP contribution in [0.4, 0.5) is 65.2 Å². The van der Waals surface area contributed by atoms with Crippen molar-refractivity contribution in [2.24, 2.45) is 0 Å². The number of hydrogen-bond acceptors (Lipinski definition) is 0. The largest absolute Gasteiger partial charge is 0.389 e. The van der Waals surface area contributed by atoms with E-state index in [0.717, 1.165) is 0 Å². The van der Waals surface area contributed by atoms with Gasteiger partial charge in [0.05, 0.1) is 0 Å². The molecule has 0 aliphatic heterocycles. The zero-order valence-corrected chi connectivity index (χ0v) is 18.3. The molecule has 0 aliphatic rings. The molecule has 0 saturated carbocycles. The Bertz CT molecular complexity index is 814. The van der Waals surface area contributed by atoms with Crippen LogP contribution >= 0.6 is 20.4 Å². The van der Waals surface area contributed by atoms with Crippen LogP contribution in [0.1, 0.15) is 49.7 Å². The van der Waals surface area contributed by atoms with Crippen LogP contribution in [0, 0.1) is 0 Å². The fourth-order valence-electron chi connectivity index (χ4n) is 3.17. The van der Waals surface area contributed by atoms with Gasteiger partial charge in [-0.2, -0.15) is 26.3 Å². The van der Waals surface area contributed by atoms with Crippen LogP contribution in [0.15, 0.2) is 21.9 Å². The molecule has 0 fully saturated rings. The van der Waals surface area contributed by atoms with Crippen LogP contribution in [-0.2, 0) is 12.8 Å². The molecule has 1 rings (SSSR count). The summed E-state index contributed by atoms with van der Waals surface area (Å²) in [7, 11) is -23.1. The molecule has 1 aromatic carbocycles. The molecule has 0 nitrogen and oxygen atoms in total. The molecular formula is C16H18F16S2. The quantitative estimate of drug-likeness (QED) is 0.191. The molecule has 0 aromatic heterocycles. The predicted molar refractivity (Wildman–Crippen MR) is 96.5 cm³/mol. The van der Waals surface area contributed by atoms with E-state index in [1.54, 1.807) is 0 Å². The van der Waals surface area contributed by atoms with E-state index in [2.05, 4.69) is 0 Å². The highest BCUT2D eigenvalue weighted by molar-refractivity contribution is 8.48. The van der Waals surface area contributed by atoms with Gasteiger partial charge in [-0.05, 0) is 49.7 Å². The second kappa shape index (κ2) is 7.65. The lowest BCUT2D eigenvalue weighted by atomic mass is 10.0. The number of alkyl halides is 6. The Hall–Kier alpha value is -1.20. The topological polar surface area (TPSA) is 0 Å². The maximum absolute atomic E-state index is 13.6. The molecule has 34 heavy (non-hydrogen) atoms. The first-order valence-electron chi connectivity index (χ1n) is 9.16. The Morgan fingerprint density at radius 1 is 0.471 bits per heavy atom. The van der Waals surface area contributed by atoms with Crippen molar-refractivity contribution >= 4 is 20.4 Å². The SMILES string of the molecule is FC(F)(F)CCCCc1ccc(CCCCC(F)(F)F)c(S(F)(F)(F)(F)F)c1S(F)(F)(F)(F)F. The molecular weight excluding hydrogens is 560 g/mol. The van der Waals surface area contributed by atoms with E-state index in [9.17, 15) is 65.2 Å². The molecule has 0 unspecified atom stereocenters. The van der Waals surface area contributed by atoms with Crippen LogP contribution in [0.3, 0.4) is 0 Å². The second-order valence-corrected chi connectivity index (χ2v) is 12.3. The lowest BCUT2D eigenvalue weighted by Gasteiger charge is -2.49. The third kappa shape index (κ3) is 10.2. The smallest absolute Gasteiger partial charge is 0.171 e. The fraction of sp³-hybridized carbons (Fsp3) is 0.625. The van der Waals surface area contributed by atoms with Crippen molar-refractivity contribution in [1.29, 1.82) is 0 Å². The highest BCUT2D eigenvalue weighted by Crippen LogP contribution is 3.10. The van der Waals surface area contributed by atoms with Crippen LogP contribution in [0.25, 0.3) is 0 Å². The van der Waals surface area contributed by atoms with Crippen molar-refractivity contribution in [3.63, 3.8) is 0 Å². The van der Waals surface area contributed by atoms with Crippen LogP contribution in [-0.4, -0.2) is 12.4 Å². The van der Waals surface area contributed by atoms with E-state index < -0.39 is 105 Å². The summed E-state index contributed by atoms with van der Waals surface area (Å²) in [4.78, 5) is -7.92. The van der Waals surface area contributed by atoms with Gasteiger partial charge in [-0.1, -0.05) is 51.0 Å². The second-order valence-electron chi connectivity index (χ2n) is 7.62. The van der Waals surface area contributed by atoms with Crippen LogP contribution < -0.4 is 0 Å². The molecule has 0 saturated heterocycles. The molecule has 0 bridgehead atoms. The third-order valence-electron chi connectivity index (χ3n) is 4.36. The average molecular weight is 578 g/mol. The van der Waals surface area contributed by atoms with E-state index in [4.69, 9.17) is 0 Å². The van der Waals surface area contributed by atoms with Crippen molar-refractivity contribution in [2.45, 2.75) is 73.5 Å². The minimum Gasteiger partial charge on any atom is -0.171 e. The zero-order chi connectivity index (χ0) is 27.2. The van der Waals surface area contributed by atoms with Gasteiger partial charge < -0.3 is 0 Å². The summed E-state index contributed by atoms with van der Waals surface area (Å²) in [5.41, 5.74) is -3.97. The average Bonchev–Trinajstić information content (AvgIpc) is 2.49. The molecule has 0 atom stereocenters. The number of halogens is 16. The number of benzene rings is 1. The van der Waals surface area contributed by atoms with Gasteiger partial charge >= 0.3 is 32.8 Å². The van der Waals surface area contributed by atoms with Crippen molar-refractivity contribution < 1.29 is 65.2 Å². The predicted octanol–water partition coefficient (Wildman–Crippen LogP) is 11.6. The first-order valence-corrected chi connectivity index (χ1v) is 13.1. The minimum absolute atomic E-state index is 0.00686. The van der Waals surface area contributed by atoms with Gasteiger partial charge in [0, 0.05) is 12.8 Å². The summed E-state index contributed by atoms with van der Waals surface area (Å²) < 4.78 is 209. The lowest BCUT2D eigenvalue weighted by Crippen LogP contribution is -2.20. The van der Waals surface area contributed by atoms with E-state index in [1.807, 2.05) is 0 Å². The van der Waals surface area contributed by atoms with Crippen molar-refractivity contribution in [1.82, 2.24) is 0 Å². The Morgan fingerprint density at radius 2 is 0.735 bits per heavy atom. The maximum Gasteiger partial charge on any atom is 0.389 e. The summed E-state index contributed by atoms with van der Waals surface area (Å²) >= 11 is 0. The summed E-state index contributed by atoms with van der Waals surface area (Å²) in [5.74, 6) is 0. The molecule has 0 heterocycles. The highest BCUT2D eigenvalue weighted by Gasteiger charge is 2.76. The summed E-state index contributed by atoms with van der Waals surface area (Å²) in [6.07, 6.45) is -19.8. The normalized spacial score (nSPS) is 18.1.